The highest BCUT2D eigenvalue weighted by atomic mass is 16.5. The van der Waals surface area contributed by atoms with Crippen LogP contribution in [-0.4, -0.2) is 42.0 Å². The summed E-state index contributed by atoms with van der Waals surface area (Å²) in [7, 11) is 3.07. The van der Waals surface area contributed by atoms with Gasteiger partial charge in [0.1, 0.15) is 0 Å². The third-order valence-electron chi connectivity index (χ3n) is 5.08. The minimum Gasteiger partial charge on any atom is -0.493 e. The van der Waals surface area contributed by atoms with E-state index in [-0.39, 0.29) is 23.8 Å². The Morgan fingerprint density at radius 1 is 1.00 bits per heavy atom. The summed E-state index contributed by atoms with van der Waals surface area (Å²) in [6.45, 7) is 5.27. The SMILES string of the molecule is COc1ccc(CNC(=O)C(C)OC(=O)c2nn(C(C)C)c(=O)c3ccccc23)cc1OC. The number of ether oxygens (including phenoxy) is 3. The smallest absolute Gasteiger partial charge is 0.360 e. The van der Waals surface area contributed by atoms with Crippen molar-refractivity contribution in [3.63, 3.8) is 0 Å². The van der Waals surface area contributed by atoms with Crippen LogP contribution in [0.25, 0.3) is 10.8 Å². The molecule has 1 heterocycles. The first-order valence-electron chi connectivity index (χ1n) is 10.5. The fourth-order valence-corrected chi connectivity index (χ4v) is 3.30. The third-order valence-corrected chi connectivity index (χ3v) is 5.08. The molecule has 2 aromatic carbocycles. The molecule has 1 aromatic heterocycles. The number of nitrogens with zero attached hydrogens (tertiary/aromatic N) is 2. The fraction of sp³-hybridized carbons (Fsp3) is 0.333. The average molecular weight is 453 g/mol. The third kappa shape index (κ3) is 5.14. The molecule has 0 fully saturated rings. The Hall–Kier alpha value is -3.88. The van der Waals surface area contributed by atoms with Crippen molar-refractivity contribution < 1.29 is 23.8 Å². The van der Waals surface area contributed by atoms with E-state index in [1.165, 1.54) is 18.7 Å². The van der Waals surface area contributed by atoms with E-state index >= 15 is 0 Å². The Kier molecular flexibility index (Phi) is 7.32. The van der Waals surface area contributed by atoms with E-state index in [2.05, 4.69) is 10.4 Å². The number of fused-ring (bicyclic) bond motifs is 1. The molecule has 33 heavy (non-hydrogen) atoms. The standard InChI is InChI=1S/C24H27N3O6/c1-14(2)27-23(29)18-9-7-6-8-17(18)21(26-27)24(30)33-15(3)22(28)25-13-16-10-11-19(31-4)20(12-16)32-5/h6-12,14-15H,13H2,1-5H3,(H,25,28). The van der Waals surface area contributed by atoms with Gasteiger partial charge in [0.05, 0.1) is 25.6 Å². The molecule has 0 bridgehead atoms. The summed E-state index contributed by atoms with van der Waals surface area (Å²) in [5.41, 5.74) is 0.479. The average Bonchev–Trinajstić information content (AvgIpc) is 2.82. The van der Waals surface area contributed by atoms with Gasteiger partial charge < -0.3 is 19.5 Å². The second-order valence-corrected chi connectivity index (χ2v) is 7.69. The lowest BCUT2D eigenvalue weighted by Gasteiger charge is -2.16. The van der Waals surface area contributed by atoms with Crippen molar-refractivity contribution in [3.05, 3.63) is 64.1 Å². The number of benzene rings is 2. The van der Waals surface area contributed by atoms with Gasteiger partial charge in [0, 0.05) is 11.9 Å². The van der Waals surface area contributed by atoms with Gasteiger partial charge in [-0.05, 0) is 44.5 Å². The van der Waals surface area contributed by atoms with Gasteiger partial charge in [0.2, 0.25) is 0 Å². The van der Waals surface area contributed by atoms with Gasteiger partial charge in [-0.25, -0.2) is 9.48 Å². The Morgan fingerprint density at radius 2 is 1.67 bits per heavy atom. The molecule has 1 unspecified atom stereocenters. The summed E-state index contributed by atoms with van der Waals surface area (Å²) in [5.74, 6) is -0.131. The molecule has 9 nitrogen and oxygen atoms in total. The first kappa shape index (κ1) is 23.8. The Bertz CT molecular complexity index is 1230. The van der Waals surface area contributed by atoms with Crippen LogP contribution in [0.4, 0.5) is 0 Å². The molecule has 9 heteroatoms. The lowest BCUT2D eigenvalue weighted by Crippen LogP contribution is -2.36. The lowest BCUT2D eigenvalue weighted by molar-refractivity contribution is -0.129. The van der Waals surface area contributed by atoms with Crippen molar-refractivity contribution in [3.8, 4) is 11.5 Å². The monoisotopic (exact) mass is 453 g/mol. The Morgan fingerprint density at radius 3 is 2.30 bits per heavy atom. The molecule has 0 aliphatic heterocycles. The number of esters is 1. The fourth-order valence-electron chi connectivity index (χ4n) is 3.30. The number of amides is 1. The van der Waals surface area contributed by atoms with Crippen LogP contribution in [0.3, 0.4) is 0 Å². The Labute approximate surface area is 191 Å². The number of aromatic nitrogens is 2. The van der Waals surface area contributed by atoms with Crippen LogP contribution in [0.15, 0.2) is 47.3 Å². The van der Waals surface area contributed by atoms with Gasteiger partial charge in [-0.15, -0.1) is 0 Å². The molecular formula is C24H27N3O6. The van der Waals surface area contributed by atoms with Crippen LogP contribution in [-0.2, 0) is 16.1 Å². The number of carbonyl (C=O) groups excluding carboxylic acids is 2. The molecule has 0 saturated carbocycles. The molecule has 1 amide bonds. The zero-order valence-corrected chi connectivity index (χ0v) is 19.2. The number of hydrogen-bond acceptors (Lipinski definition) is 7. The van der Waals surface area contributed by atoms with Crippen LogP contribution in [0, 0.1) is 0 Å². The summed E-state index contributed by atoms with van der Waals surface area (Å²) in [6, 6.07) is 11.7. The number of rotatable bonds is 8. The lowest BCUT2D eigenvalue weighted by atomic mass is 10.1. The molecule has 0 aliphatic rings. The van der Waals surface area contributed by atoms with Crippen molar-refractivity contribution in [1.29, 1.82) is 0 Å². The van der Waals surface area contributed by atoms with Crippen molar-refractivity contribution in [2.75, 3.05) is 14.2 Å². The van der Waals surface area contributed by atoms with Crippen molar-refractivity contribution in [1.82, 2.24) is 15.1 Å². The minimum absolute atomic E-state index is 0.0153. The topological polar surface area (TPSA) is 109 Å². The zero-order chi connectivity index (χ0) is 24.1. The summed E-state index contributed by atoms with van der Waals surface area (Å²) >= 11 is 0. The second-order valence-electron chi connectivity index (χ2n) is 7.69. The number of carbonyl (C=O) groups is 2. The molecule has 174 valence electrons. The van der Waals surface area contributed by atoms with E-state index in [0.29, 0.717) is 22.3 Å². The van der Waals surface area contributed by atoms with E-state index in [4.69, 9.17) is 14.2 Å². The minimum atomic E-state index is -1.07. The van der Waals surface area contributed by atoms with Crippen LogP contribution in [0.5, 0.6) is 11.5 Å². The summed E-state index contributed by atoms with van der Waals surface area (Å²) in [4.78, 5) is 38.1. The quantitative estimate of drug-likeness (QED) is 0.523. The molecule has 0 saturated heterocycles. The van der Waals surface area contributed by atoms with Gasteiger partial charge in [-0.1, -0.05) is 24.3 Å². The van der Waals surface area contributed by atoms with Gasteiger partial charge >= 0.3 is 5.97 Å². The van der Waals surface area contributed by atoms with E-state index < -0.39 is 18.0 Å². The number of nitrogens with one attached hydrogen (secondary N) is 1. The molecule has 3 aromatic rings. The number of hydrogen-bond donors (Lipinski definition) is 1. The maximum Gasteiger partial charge on any atom is 0.360 e. The van der Waals surface area contributed by atoms with Crippen molar-refractivity contribution in [2.24, 2.45) is 0 Å². The number of methoxy groups -OCH3 is 2. The van der Waals surface area contributed by atoms with Crippen LogP contribution < -0.4 is 20.3 Å². The maximum atomic E-state index is 12.9. The molecule has 0 radical (unpaired) electrons. The van der Waals surface area contributed by atoms with Crippen LogP contribution in [0.2, 0.25) is 0 Å². The zero-order valence-electron chi connectivity index (χ0n) is 19.2. The normalized spacial score (nSPS) is 11.8. The van der Waals surface area contributed by atoms with Crippen molar-refractivity contribution in [2.45, 2.75) is 39.5 Å². The second kappa shape index (κ2) is 10.2. The molecule has 1 N–H and O–H groups in total. The summed E-state index contributed by atoms with van der Waals surface area (Å²) in [6.07, 6.45) is -1.07. The van der Waals surface area contributed by atoms with E-state index in [9.17, 15) is 14.4 Å². The highest BCUT2D eigenvalue weighted by Crippen LogP contribution is 2.27. The Balaban J connectivity index is 1.74. The molecule has 1 atom stereocenters. The van der Waals surface area contributed by atoms with E-state index in [0.717, 1.165) is 5.56 Å². The first-order valence-corrected chi connectivity index (χ1v) is 10.5. The van der Waals surface area contributed by atoms with Gasteiger partial charge in [-0.2, -0.15) is 5.10 Å². The molecule has 0 spiro atoms. The summed E-state index contributed by atoms with van der Waals surface area (Å²) in [5, 5.41) is 7.68. The predicted octanol–water partition coefficient (Wildman–Crippen LogP) is 2.86. The maximum absolute atomic E-state index is 12.9. The van der Waals surface area contributed by atoms with Gasteiger partial charge in [0.25, 0.3) is 11.5 Å². The van der Waals surface area contributed by atoms with Gasteiger partial charge in [0.15, 0.2) is 23.3 Å². The summed E-state index contributed by atoms with van der Waals surface area (Å²) < 4.78 is 17.1. The van der Waals surface area contributed by atoms with Gasteiger partial charge in [-0.3, -0.25) is 9.59 Å². The largest absolute Gasteiger partial charge is 0.493 e. The van der Waals surface area contributed by atoms with E-state index in [1.54, 1.807) is 63.4 Å². The highest BCUT2D eigenvalue weighted by Gasteiger charge is 2.23. The highest BCUT2D eigenvalue weighted by molar-refractivity contribution is 6.02. The molecule has 3 rings (SSSR count). The predicted molar refractivity (Wildman–Crippen MR) is 123 cm³/mol. The molecule has 0 aliphatic carbocycles. The van der Waals surface area contributed by atoms with Crippen LogP contribution in [0.1, 0.15) is 42.9 Å². The first-order chi connectivity index (χ1) is 15.8. The van der Waals surface area contributed by atoms with Crippen molar-refractivity contribution >= 4 is 22.6 Å². The van der Waals surface area contributed by atoms with E-state index in [1.807, 2.05) is 0 Å². The molecular weight excluding hydrogens is 426 g/mol. The van der Waals surface area contributed by atoms with Crippen LogP contribution >= 0.6 is 0 Å².